The molecule has 1 aromatic carbocycles. The maximum absolute atomic E-state index is 13.1. The molecule has 14 heavy (non-hydrogen) atoms. The molecule has 0 amide bonds. The summed E-state index contributed by atoms with van der Waals surface area (Å²) in [6, 6.07) is 3.65. The van der Waals surface area contributed by atoms with Crippen LogP contribution in [-0.2, 0) is 4.79 Å². The van der Waals surface area contributed by atoms with Gasteiger partial charge in [0.25, 0.3) is 5.24 Å². The van der Waals surface area contributed by atoms with Gasteiger partial charge < -0.3 is 4.74 Å². The van der Waals surface area contributed by atoms with Crippen LogP contribution in [0.2, 0.25) is 0 Å². The van der Waals surface area contributed by atoms with Crippen LogP contribution in [0.15, 0.2) is 18.2 Å². The first-order chi connectivity index (χ1) is 6.52. The molecule has 3 nitrogen and oxygen atoms in total. The zero-order valence-electron chi connectivity index (χ0n) is 7.21. The van der Waals surface area contributed by atoms with E-state index in [0.29, 0.717) is 0 Å². The quantitative estimate of drug-likeness (QED) is 0.432. The van der Waals surface area contributed by atoms with E-state index in [4.69, 9.17) is 11.6 Å². The zero-order chi connectivity index (χ0) is 10.7. The molecule has 0 unspecified atom stereocenters. The highest BCUT2D eigenvalue weighted by Gasteiger charge is 2.16. The lowest BCUT2D eigenvalue weighted by molar-refractivity contribution is -0.132. The Hall–Kier alpha value is -1.42. The van der Waals surface area contributed by atoms with Gasteiger partial charge in [0.2, 0.25) is 0 Å². The lowest BCUT2D eigenvalue weighted by Crippen LogP contribution is -2.07. The van der Waals surface area contributed by atoms with Crippen LogP contribution in [0.3, 0.4) is 0 Å². The number of carbonyl (C=O) groups excluding carboxylic acids is 2. The van der Waals surface area contributed by atoms with E-state index < -0.39 is 22.8 Å². The predicted molar refractivity (Wildman–Crippen MR) is 47.9 cm³/mol. The number of ether oxygens (including phenoxy) is 1. The van der Waals surface area contributed by atoms with E-state index >= 15 is 0 Å². The van der Waals surface area contributed by atoms with Crippen molar-refractivity contribution in [2.75, 3.05) is 0 Å². The van der Waals surface area contributed by atoms with Gasteiger partial charge in [0.15, 0.2) is 11.6 Å². The number of hydrogen-bond donors (Lipinski definition) is 0. The molecule has 0 fully saturated rings. The van der Waals surface area contributed by atoms with Crippen LogP contribution in [-0.4, -0.2) is 11.2 Å². The van der Waals surface area contributed by atoms with Crippen molar-refractivity contribution >= 4 is 22.8 Å². The topological polar surface area (TPSA) is 43.4 Å². The largest absolute Gasteiger partial charge is 0.423 e. The molecular formula is C9H6ClFO3. The normalized spacial score (nSPS) is 9.64. The van der Waals surface area contributed by atoms with Gasteiger partial charge in [0.05, 0.1) is 5.56 Å². The molecule has 1 aromatic rings. The minimum Gasteiger partial charge on any atom is -0.423 e. The zero-order valence-corrected chi connectivity index (χ0v) is 7.97. The predicted octanol–water partition coefficient (Wildman–Crippen LogP) is 2.13. The van der Waals surface area contributed by atoms with E-state index in [1.165, 1.54) is 12.1 Å². The average molecular weight is 217 g/mol. The summed E-state index contributed by atoms with van der Waals surface area (Å²) in [7, 11) is 0. The molecule has 0 saturated heterocycles. The number of benzene rings is 1. The van der Waals surface area contributed by atoms with Gasteiger partial charge in [0.1, 0.15) is 0 Å². The van der Waals surface area contributed by atoms with Gasteiger partial charge in [-0.3, -0.25) is 9.59 Å². The molecule has 0 aromatic heterocycles. The van der Waals surface area contributed by atoms with E-state index in [1.807, 2.05) is 0 Å². The van der Waals surface area contributed by atoms with Gasteiger partial charge >= 0.3 is 5.97 Å². The van der Waals surface area contributed by atoms with Gasteiger partial charge in [-0.15, -0.1) is 0 Å². The molecule has 0 heterocycles. The van der Waals surface area contributed by atoms with Crippen LogP contribution in [0.5, 0.6) is 5.75 Å². The van der Waals surface area contributed by atoms with Gasteiger partial charge in [-0.05, 0) is 23.7 Å². The fourth-order valence-corrected chi connectivity index (χ4v) is 1.06. The number of halogens is 2. The van der Waals surface area contributed by atoms with Gasteiger partial charge in [-0.1, -0.05) is 6.07 Å². The Bertz CT molecular complexity index is 390. The second-order valence-electron chi connectivity index (χ2n) is 2.48. The van der Waals surface area contributed by atoms with Gasteiger partial charge in [0, 0.05) is 6.92 Å². The number of para-hydroxylation sites is 1. The highest BCUT2D eigenvalue weighted by Crippen LogP contribution is 2.24. The molecule has 0 aliphatic rings. The number of hydrogen-bond acceptors (Lipinski definition) is 3. The van der Waals surface area contributed by atoms with E-state index in [0.717, 1.165) is 13.0 Å². The van der Waals surface area contributed by atoms with Crippen molar-refractivity contribution < 1.29 is 18.7 Å². The fourth-order valence-electron chi connectivity index (χ4n) is 0.911. The minimum absolute atomic E-state index is 0.165. The van der Waals surface area contributed by atoms with Crippen LogP contribution >= 0.6 is 11.6 Å². The summed E-state index contributed by atoms with van der Waals surface area (Å²) >= 11 is 5.17. The molecule has 0 aliphatic carbocycles. The third kappa shape index (κ3) is 2.29. The highest BCUT2D eigenvalue weighted by atomic mass is 35.5. The minimum atomic E-state index is -0.874. The number of carbonyl (C=O) groups is 2. The number of esters is 1. The van der Waals surface area contributed by atoms with E-state index in [9.17, 15) is 14.0 Å². The molecule has 0 spiro atoms. The van der Waals surface area contributed by atoms with E-state index in [-0.39, 0.29) is 5.56 Å². The summed E-state index contributed by atoms with van der Waals surface area (Å²) in [5.74, 6) is -1.94. The van der Waals surface area contributed by atoms with Crippen molar-refractivity contribution in [3.8, 4) is 5.75 Å². The third-order valence-electron chi connectivity index (χ3n) is 1.42. The molecular weight excluding hydrogens is 211 g/mol. The van der Waals surface area contributed by atoms with Crippen molar-refractivity contribution in [2.24, 2.45) is 0 Å². The summed E-state index contributed by atoms with van der Waals surface area (Å²) in [5, 5.41) is -0.874. The lowest BCUT2D eigenvalue weighted by atomic mass is 10.2. The number of rotatable bonds is 2. The molecule has 0 saturated carbocycles. The molecule has 0 atom stereocenters. The first-order valence-electron chi connectivity index (χ1n) is 3.69. The molecule has 0 bridgehead atoms. The Morgan fingerprint density at radius 3 is 2.57 bits per heavy atom. The van der Waals surface area contributed by atoms with Crippen LogP contribution in [0.25, 0.3) is 0 Å². The van der Waals surface area contributed by atoms with Crippen LogP contribution < -0.4 is 4.74 Å². The molecule has 0 N–H and O–H groups in total. The monoisotopic (exact) mass is 216 g/mol. The Balaban J connectivity index is 3.22. The first kappa shape index (κ1) is 10.7. The van der Waals surface area contributed by atoms with Crippen molar-refractivity contribution in [2.45, 2.75) is 6.92 Å². The van der Waals surface area contributed by atoms with Gasteiger partial charge in [-0.2, -0.15) is 0 Å². The Labute approximate surface area is 84.4 Å². The van der Waals surface area contributed by atoms with Crippen LogP contribution in [0, 0.1) is 5.82 Å². The molecule has 1 rings (SSSR count). The fraction of sp³-hybridized carbons (Fsp3) is 0.111. The maximum Gasteiger partial charge on any atom is 0.308 e. The molecule has 0 radical (unpaired) electrons. The molecule has 5 heteroatoms. The second-order valence-corrected chi connectivity index (χ2v) is 2.83. The summed E-state index contributed by atoms with van der Waals surface area (Å²) in [6.45, 7) is 1.11. The Morgan fingerprint density at radius 1 is 1.43 bits per heavy atom. The van der Waals surface area contributed by atoms with Crippen molar-refractivity contribution in [1.82, 2.24) is 0 Å². The second kappa shape index (κ2) is 4.19. The third-order valence-corrected chi connectivity index (χ3v) is 1.63. The summed E-state index contributed by atoms with van der Waals surface area (Å²) in [5.41, 5.74) is -0.165. The molecule has 74 valence electrons. The average Bonchev–Trinajstić information content (AvgIpc) is 2.07. The SMILES string of the molecule is CC(=O)Oc1c(F)cccc1C(=O)Cl. The smallest absolute Gasteiger partial charge is 0.308 e. The van der Waals surface area contributed by atoms with Crippen molar-refractivity contribution in [1.29, 1.82) is 0 Å². The summed E-state index contributed by atoms with van der Waals surface area (Å²) in [6.07, 6.45) is 0. The lowest BCUT2D eigenvalue weighted by Gasteiger charge is -2.05. The first-order valence-corrected chi connectivity index (χ1v) is 4.07. The maximum atomic E-state index is 13.1. The van der Waals surface area contributed by atoms with E-state index in [2.05, 4.69) is 4.74 Å². The van der Waals surface area contributed by atoms with Crippen molar-refractivity contribution in [3.05, 3.63) is 29.6 Å². The highest BCUT2D eigenvalue weighted by molar-refractivity contribution is 6.68. The Morgan fingerprint density at radius 2 is 2.07 bits per heavy atom. The summed E-state index contributed by atoms with van der Waals surface area (Å²) < 4.78 is 17.6. The Kier molecular flexibility index (Phi) is 3.19. The van der Waals surface area contributed by atoms with Crippen molar-refractivity contribution in [3.63, 3.8) is 0 Å². The van der Waals surface area contributed by atoms with Crippen LogP contribution in [0.1, 0.15) is 17.3 Å². The summed E-state index contributed by atoms with van der Waals surface area (Å²) in [4.78, 5) is 21.4. The molecule has 0 aliphatic heterocycles. The van der Waals surface area contributed by atoms with E-state index in [1.54, 1.807) is 0 Å². The standard InChI is InChI=1S/C9H6ClFO3/c1-5(12)14-8-6(9(10)13)3-2-4-7(8)11/h2-4H,1H3. The van der Waals surface area contributed by atoms with Gasteiger partial charge in [-0.25, -0.2) is 4.39 Å². The van der Waals surface area contributed by atoms with Crippen LogP contribution in [0.4, 0.5) is 4.39 Å².